The number of ether oxygens (including phenoxy) is 1. The van der Waals surface area contributed by atoms with Crippen molar-refractivity contribution in [3.05, 3.63) is 35.5 Å². The highest BCUT2D eigenvalue weighted by molar-refractivity contribution is 5.86. The number of rotatable bonds is 4. The summed E-state index contributed by atoms with van der Waals surface area (Å²) in [5, 5.41) is 1.26. The Kier molecular flexibility index (Phi) is 4.48. The van der Waals surface area contributed by atoms with Crippen LogP contribution < -0.4 is 0 Å². The monoisotopic (exact) mass is 300 g/mol. The second kappa shape index (κ2) is 6.53. The Morgan fingerprint density at radius 2 is 2.27 bits per heavy atom. The fourth-order valence-corrected chi connectivity index (χ4v) is 3.40. The zero-order valence-corrected chi connectivity index (χ0v) is 13.4. The molecule has 22 heavy (non-hydrogen) atoms. The number of aryl methyl sites for hydroxylation is 1. The molecule has 1 atom stereocenters. The van der Waals surface area contributed by atoms with Crippen molar-refractivity contribution >= 4 is 16.9 Å². The normalized spacial score (nSPS) is 19.5. The average molecular weight is 300 g/mol. The van der Waals surface area contributed by atoms with Gasteiger partial charge >= 0.3 is 5.97 Å². The summed E-state index contributed by atoms with van der Waals surface area (Å²) in [6.45, 7) is 6.20. The van der Waals surface area contributed by atoms with Gasteiger partial charge in [-0.15, -0.1) is 0 Å². The maximum atomic E-state index is 12.2. The molecule has 1 fully saturated rings. The van der Waals surface area contributed by atoms with Gasteiger partial charge in [-0.1, -0.05) is 24.6 Å². The van der Waals surface area contributed by atoms with Crippen molar-refractivity contribution in [3.63, 3.8) is 0 Å². The van der Waals surface area contributed by atoms with Crippen LogP contribution in [-0.2, 0) is 16.1 Å². The third-order valence-corrected chi connectivity index (χ3v) is 4.56. The molecule has 1 aliphatic rings. The lowest BCUT2D eigenvalue weighted by atomic mass is 10.0. The molecule has 4 heteroatoms. The number of nitrogens with zero attached hydrogens (tertiary/aromatic N) is 1. The molecule has 1 aromatic carbocycles. The molecule has 4 nitrogen and oxygen atoms in total. The first-order valence-electron chi connectivity index (χ1n) is 8.17. The van der Waals surface area contributed by atoms with Gasteiger partial charge in [-0.05, 0) is 44.4 Å². The number of carbonyl (C=O) groups excluding carboxylic acids is 1. The second-order valence-electron chi connectivity index (χ2n) is 6.05. The molecule has 1 saturated heterocycles. The third kappa shape index (κ3) is 2.88. The van der Waals surface area contributed by atoms with Gasteiger partial charge in [0.05, 0.1) is 6.61 Å². The topological polar surface area (TPSA) is 45.3 Å². The molecule has 1 aliphatic heterocycles. The SMILES string of the molecule is CCOC(=O)C1CCCCN1Cc1c[nH]c2c(C)cccc12. The first-order chi connectivity index (χ1) is 10.7. The van der Waals surface area contributed by atoms with Crippen LogP contribution in [0, 0.1) is 6.92 Å². The first kappa shape index (κ1) is 15.1. The lowest BCUT2D eigenvalue weighted by molar-refractivity contribution is -0.151. The maximum absolute atomic E-state index is 12.2. The van der Waals surface area contributed by atoms with E-state index in [0.717, 1.165) is 32.4 Å². The van der Waals surface area contributed by atoms with Gasteiger partial charge in [-0.2, -0.15) is 0 Å². The lowest BCUT2D eigenvalue weighted by Gasteiger charge is -2.33. The standard InChI is InChI=1S/C18H24N2O2/c1-3-22-18(21)16-9-4-5-10-20(16)12-14-11-19-17-13(2)7-6-8-15(14)17/h6-8,11,16,19H,3-5,9-10,12H2,1-2H3. The van der Waals surface area contributed by atoms with Crippen molar-refractivity contribution in [1.82, 2.24) is 9.88 Å². The van der Waals surface area contributed by atoms with Crippen LogP contribution in [0.4, 0.5) is 0 Å². The molecular formula is C18H24N2O2. The van der Waals surface area contributed by atoms with Crippen molar-refractivity contribution in [2.24, 2.45) is 0 Å². The zero-order chi connectivity index (χ0) is 15.5. The molecule has 0 amide bonds. The van der Waals surface area contributed by atoms with Gasteiger partial charge in [0.25, 0.3) is 0 Å². The molecule has 1 N–H and O–H groups in total. The lowest BCUT2D eigenvalue weighted by Crippen LogP contribution is -2.44. The van der Waals surface area contributed by atoms with E-state index in [1.54, 1.807) is 0 Å². The average Bonchev–Trinajstić information content (AvgIpc) is 2.93. The number of benzene rings is 1. The predicted molar refractivity (Wildman–Crippen MR) is 87.7 cm³/mol. The fourth-order valence-electron chi connectivity index (χ4n) is 3.40. The van der Waals surface area contributed by atoms with E-state index in [1.165, 1.54) is 22.0 Å². The summed E-state index contributed by atoms with van der Waals surface area (Å²) < 4.78 is 5.25. The molecule has 2 heterocycles. The number of nitrogens with one attached hydrogen (secondary N) is 1. The number of para-hydroxylation sites is 1. The van der Waals surface area contributed by atoms with Crippen molar-refractivity contribution in [2.75, 3.05) is 13.2 Å². The minimum absolute atomic E-state index is 0.0711. The van der Waals surface area contributed by atoms with E-state index < -0.39 is 0 Å². The minimum Gasteiger partial charge on any atom is -0.465 e. The number of hydrogen-bond donors (Lipinski definition) is 1. The van der Waals surface area contributed by atoms with E-state index in [0.29, 0.717) is 6.61 Å². The van der Waals surface area contributed by atoms with Crippen LogP contribution in [0.3, 0.4) is 0 Å². The van der Waals surface area contributed by atoms with Gasteiger partial charge in [-0.25, -0.2) is 0 Å². The largest absolute Gasteiger partial charge is 0.465 e. The van der Waals surface area contributed by atoms with E-state index in [2.05, 4.69) is 41.2 Å². The summed E-state index contributed by atoms with van der Waals surface area (Å²) in [5.41, 5.74) is 3.71. The molecule has 2 aromatic rings. The predicted octanol–water partition coefficient (Wildman–Crippen LogP) is 3.39. The molecule has 0 bridgehead atoms. The maximum Gasteiger partial charge on any atom is 0.323 e. The number of aromatic nitrogens is 1. The Morgan fingerprint density at radius 3 is 3.09 bits per heavy atom. The number of piperidine rings is 1. The van der Waals surface area contributed by atoms with E-state index >= 15 is 0 Å². The van der Waals surface area contributed by atoms with Gasteiger partial charge < -0.3 is 9.72 Å². The Balaban J connectivity index is 1.82. The van der Waals surface area contributed by atoms with Crippen molar-refractivity contribution in [2.45, 2.75) is 45.7 Å². The molecule has 0 spiro atoms. The zero-order valence-electron chi connectivity index (χ0n) is 13.4. The summed E-state index contributed by atoms with van der Waals surface area (Å²) in [4.78, 5) is 17.8. The van der Waals surface area contributed by atoms with Crippen LogP contribution in [0.1, 0.15) is 37.3 Å². The van der Waals surface area contributed by atoms with E-state index in [-0.39, 0.29) is 12.0 Å². The number of likely N-dealkylation sites (tertiary alicyclic amines) is 1. The Bertz CT molecular complexity index is 662. The Labute approximate surface area is 131 Å². The van der Waals surface area contributed by atoms with E-state index in [4.69, 9.17) is 4.74 Å². The molecular weight excluding hydrogens is 276 g/mol. The number of esters is 1. The second-order valence-corrected chi connectivity index (χ2v) is 6.05. The molecule has 3 rings (SSSR count). The first-order valence-corrected chi connectivity index (χ1v) is 8.17. The molecule has 1 aromatic heterocycles. The minimum atomic E-state index is -0.0940. The van der Waals surface area contributed by atoms with Crippen LogP contribution in [0.25, 0.3) is 10.9 Å². The summed E-state index contributed by atoms with van der Waals surface area (Å²) in [5.74, 6) is -0.0711. The van der Waals surface area contributed by atoms with Gasteiger partial charge in [0.1, 0.15) is 6.04 Å². The summed E-state index contributed by atoms with van der Waals surface area (Å²) in [6.07, 6.45) is 5.24. The summed E-state index contributed by atoms with van der Waals surface area (Å²) in [6, 6.07) is 6.26. The Morgan fingerprint density at radius 1 is 1.41 bits per heavy atom. The van der Waals surface area contributed by atoms with Gasteiger partial charge in [-0.3, -0.25) is 9.69 Å². The fraction of sp³-hybridized carbons (Fsp3) is 0.500. The highest BCUT2D eigenvalue weighted by Gasteiger charge is 2.30. The van der Waals surface area contributed by atoms with Crippen LogP contribution in [-0.4, -0.2) is 35.0 Å². The van der Waals surface area contributed by atoms with Gasteiger partial charge in [0, 0.05) is 23.6 Å². The number of hydrogen-bond acceptors (Lipinski definition) is 3. The van der Waals surface area contributed by atoms with Crippen LogP contribution in [0.5, 0.6) is 0 Å². The molecule has 0 radical (unpaired) electrons. The third-order valence-electron chi connectivity index (χ3n) is 4.56. The number of H-pyrrole nitrogens is 1. The van der Waals surface area contributed by atoms with Gasteiger partial charge in [0.2, 0.25) is 0 Å². The molecule has 118 valence electrons. The number of carbonyl (C=O) groups is 1. The van der Waals surface area contributed by atoms with Crippen molar-refractivity contribution in [3.8, 4) is 0 Å². The molecule has 0 saturated carbocycles. The molecule has 1 unspecified atom stereocenters. The highest BCUT2D eigenvalue weighted by Crippen LogP contribution is 2.26. The van der Waals surface area contributed by atoms with Crippen LogP contribution in [0.15, 0.2) is 24.4 Å². The highest BCUT2D eigenvalue weighted by atomic mass is 16.5. The summed E-state index contributed by atoms with van der Waals surface area (Å²) in [7, 11) is 0. The van der Waals surface area contributed by atoms with Crippen LogP contribution in [0.2, 0.25) is 0 Å². The number of fused-ring (bicyclic) bond motifs is 1. The van der Waals surface area contributed by atoms with E-state index in [9.17, 15) is 4.79 Å². The summed E-state index contributed by atoms with van der Waals surface area (Å²) >= 11 is 0. The molecule has 0 aliphatic carbocycles. The Hall–Kier alpha value is -1.81. The smallest absolute Gasteiger partial charge is 0.323 e. The van der Waals surface area contributed by atoms with Crippen LogP contribution >= 0.6 is 0 Å². The van der Waals surface area contributed by atoms with E-state index in [1.807, 2.05) is 6.92 Å². The van der Waals surface area contributed by atoms with Gasteiger partial charge in [0.15, 0.2) is 0 Å². The van der Waals surface area contributed by atoms with Crippen molar-refractivity contribution in [1.29, 1.82) is 0 Å². The number of aromatic amines is 1. The quantitative estimate of drug-likeness (QED) is 0.880. The van der Waals surface area contributed by atoms with Crippen molar-refractivity contribution < 1.29 is 9.53 Å².